The number of nitrogens with zero attached hydrogens (tertiary/aromatic N) is 4. The van der Waals surface area contributed by atoms with Crippen molar-refractivity contribution in [2.75, 3.05) is 26.2 Å². The van der Waals surface area contributed by atoms with Crippen LogP contribution in [0.5, 0.6) is 0 Å². The largest absolute Gasteiger partial charge is 0.444 e. The summed E-state index contributed by atoms with van der Waals surface area (Å²) in [6.07, 6.45) is 3.11. The van der Waals surface area contributed by atoms with Crippen LogP contribution in [0.3, 0.4) is 0 Å². The number of piperazine rings is 1. The van der Waals surface area contributed by atoms with Gasteiger partial charge in [0.15, 0.2) is 0 Å². The van der Waals surface area contributed by atoms with E-state index in [1.165, 1.54) is 0 Å². The van der Waals surface area contributed by atoms with Gasteiger partial charge in [-0.05, 0) is 45.0 Å². The van der Waals surface area contributed by atoms with Crippen molar-refractivity contribution in [2.45, 2.75) is 26.4 Å². The maximum Gasteiger partial charge on any atom is 0.410 e. The SMILES string of the molecule is CC(C)(C)OC(=O)N1CCN(C(=O)c2cc(-c3cccnc3)nc3ccccc23)CC1. The zero-order chi connectivity index (χ0) is 22.0. The number of hydrogen-bond acceptors (Lipinski definition) is 5. The molecule has 3 heterocycles. The van der Waals surface area contributed by atoms with Gasteiger partial charge in [0.05, 0.1) is 16.8 Å². The summed E-state index contributed by atoms with van der Waals surface area (Å²) in [5.41, 5.74) is 2.40. The Morgan fingerprint density at radius 2 is 1.68 bits per heavy atom. The molecule has 7 nitrogen and oxygen atoms in total. The fourth-order valence-electron chi connectivity index (χ4n) is 3.60. The summed E-state index contributed by atoms with van der Waals surface area (Å²) in [5.74, 6) is -0.0624. The predicted molar refractivity (Wildman–Crippen MR) is 119 cm³/mol. The number of pyridine rings is 2. The van der Waals surface area contributed by atoms with Gasteiger partial charge in [0.2, 0.25) is 0 Å². The first kappa shape index (κ1) is 20.8. The molecule has 1 saturated heterocycles. The van der Waals surface area contributed by atoms with Crippen molar-refractivity contribution in [1.82, 2.24) is 19.8 Å². The number of hydrogen-bond donors (Lipinski definition) is 0. The van der Waals surface area contributed by atoms with E-state index in [0.29, 0.717) is 37.4 Å². The van der Waals surface area contributed by atoms with Crippen LogP contribution in [-0.4, -0.2) is 63.5 Å². The van der Waals surface area contributed by atoms with Gasteiger partial charge in [0.1, 0.15) is 5.60 Å². The lowest BCUT2D eigenvalue weighted by Gasteiger charge is -2.35. The second-order valence-corrected chi connectivity index (χ2v) is 8.57. The van der Waals surface area contributed by atoms with Gasteiger partial charge in [0.25, 0.3) is 5.91 Å². The maximum absolute atomic E-state index is 13.5. The van der Waals surface area contributed by atoms with Gasteiger partial charge in [0, 0.05) is 49.5 Å². The molecule has 0 radical (unpaired) electrons. The molecule has 2 amide bonds. The summed E-state index contributed by atoms with van der Waals surface area (Å²) >= 11 is 0. The molecule has 0 aliphatic carbocycles. The zero-order valence-electron chi connectivity index (χ0n) is 18.0. The molecule has 1 aliphatic heterocycles. The molecule has 0 unspecified atom stereocenters. The minimum absolute atomic E-state index is 0.0624. The molecule has 31 heavy (non-hydrogen) atoms. The van der Waals surface area contributed by atoms with Crippen molar-refractivity contribution >= 4 is 22.9 Å². The van der Waals surface area contributed by atoms with E-state index >= 15 is 0 Å². The number of carbonyl (C=O) groups excluding carboxylic acids is 2. The van der Waals surface area contributed by atoms with Crippen molar-refractivity contribution in [3.05, 3.63) is 60.4 Å². The highest BCUT2D eigenvalue weighted by Crippen LogP contribution is 2.26. The zero-order valence-corrected chi connectivity index (χ0v) is 18.0. The van der Waals surface area contributed by atoms with Crippen molar-refractivity contribution in [2.24, 2.45) is 0 Å². The average molecular weight is 418 g/mol. The van der Waals surface area contributed by atoms with E-state index in [1.54, 1.807) is 22.2 Å². The van der Waals surface area contributed by atoms with Crippen LogP contribution in [-0.2, 0) is 4.74 Å². The van der Waals surface area contributed by atoms with Gasteiger partial charge in [-0.1, -0.05) is 18.2 Å². The number of carbonyl (C=O) groups is 2. The number of amides is 2. The van der Waals surface area contributed by atoms with Crippen molar-refractivity contribution in [3.8, 4) is 11.3 Å². The van der Waals surface area contributed by atoms with Crippen molar-refractivity contribution in [3.63, 3.8) is 0 Å². The first-order valence-corrected chi connectivity index (χ1v) is 10.4. The standard InChI is InChI=1S/C24H26N4O3/c1-24(2,3)31-23(30)28-13-11-27(12-14-28)22(29)19-15-21(17-7-6-10-25-16-17)26-20-9-5-4-8-18(19)20/h4-10,15-16H,11-14H2,1-3H3. The van der Waals surface area contributed by atoms with Gasteiger partial charge >= 0.3 is 6.09 Å². The van der Waals surface area contributed by atoms with Crippen LogP contribution < -0.4 is 0 Å². The van der Waals surface area contributed by atoms with E-state index in [-0.39, 0.29) is 12.0 Å². The third-order valence-corrected chi connectivity index (χ3v) is 5.12. The van der Waals surface area contributed by atoms with E-state index < -0.39 is 5.60 Å². The predicted octanol–water partition coefficient (Wildman–Crippen LogP) is 3.99. The second kappa shape index (κ2) is 8.34. The summed E-state index contributed by atoms with van der Waals surface area (Å²) in [4.78, 5) is 38.1. The molecule has 0 saturated carbocycles. The van der Waals surface area contributed by atoms with E-state index in [4.69, 9.17) is 9.72 Å². The molecular formula is C24H26N4O3. The fourth-order valence-corrected chi connectivity index (χ4v) is 3.60. The molecule has 0 spiro atoms. The van der Waals surface area contributed by atoms with Crippen LogP contribution >= 0.6 is 0 Å². The summed E-state index contributed by atoms with van der Waals surface area (Å²) in [6.45, 7) is 7.34. The maximum atomic E-state index is 13.5. The normalized spacial score (nSPS) is 14.5. The molecule has 2 aromatic heterocycles. The van der Waals surface area contributed by atoms with Crippen LogP contribution in [0.15, 0.2) is 54.9 Å². The van der Waals surface area contributed by atoms with Crippen LogP contribution in [0.4, 0.5) is 4.79 Å². The molecular weight excluding hydrogens is 392 g/mol. The average Bonchev–Trinajstić information content (AvgIpc) is 2.77. The lowest BCUT2D eigenvalue weighted by atomic mass is 10.0. The Labute approximate surface area is 181 Å². The Hall–Kier alpha value is -3.48. The molecule has 0 bridgehead atoms. The smallest absolute Gasteiger partial charge is 0.410 e. The monoisotopic (exact) mass is 418 g/mol. The fraction of sp³-hybridized carbons (Fsp3) is 0.333. The quantitative estimate of drug-likeness (QED) is 0.629. The second-order valence-electron chi connectivity index (χ2n) is 8.57. The summed E-state index contributed by atoms with van der Waals surface area (Å²) < 4.78 is 5.45. The van der Waals surface area contributed by atoms with Crippen LogP contribution in [0.1, 0.15) is 31.1 Å². The third kappa shape index (κ3) is 4.66. The van der Waals surface area contributed by atoms with Crippen LogP contribution in [0.25, 0.3) is 22.2 Å². The third-order valence-electron chi connectivity index (χ3n) is 5.12. The van der Waals surface area contributed by atoms with Crippen molar-refractivity contribution in [1.29, 1.82) is 0 Å². The molecule has 7 heteroatoms. The summed E-state index contributed by atoms with van der Waals surface area (Å²) in [5, 5.41) is 0.815. The Bertz CT molecular complexity index is 1100. The van der Waals surface area contributed by atoms with Crippen LogP contribution in [0.2, 0.25) is 0 Å². The summed E-state index contributed by atoms with van der Waals surface area (Å²) in [6, 6.07) is 13.3. The van der Waals surface area contributed by atoms with E-state index in [1.807, 2.05) is 63.2 Å². The number of ether oxygens (including phenoxy) is 1. The Kier molecular flexibility index (Phi) is 5.59. The highest BCUT2D eigenvalue weighted by molar-refractivity contribution is 6.07. The van der Waals surface area contributed by atoms with Crippen LogP contribution in [0, 0.1) is 0 Å². The number of aromatic nitrogens is 2. The Morgan fingerprint density at radius 1 is 0.968 bits per heavy atom. The summed E-state index contributed by atoms with van der Waals surface area (Å²) in [7, 11) is 0. The Morgan fingerprint density at radius 3 is 2.35 bits per heavy atom. The molecule has 0 atom stereocenters. The van der Waals surface area contributed by atoms with Gasteiger partial charge in [-0.2, -0.15) is 0 Å². The minimum Gasteiger partial charge on any atom is -0.444 e. The number of benzene rings is 1. The van der Waals surface area contributed by atoms with Gasteiger partial charge < -0.3 is 14.5 Å². The highest BCUT2D eigenvalue weighted by Gasteiger charge is 2.29. The molecule has 0 N–H and O–H groups in total. The highest BCUT2D eigenvalue weighted by atomic mass is 16.6. The lowest BCUT2D eigenvalue weighted by molar-refractivity contribution is 0.0141. The Balaban J connectivity index is 1.58. The van der Waals surface area contributed by atoms with E-state index in [0.717, 1.165) is 16.5 Å². The number of rotatable bonds is 2. The molecule has 1 aliphatic rings. The molecule has 160 valence electrons. The lowest BCUT2D eigenvalue weighted by Crippen LogP contribution is -2.51. The first-order chi connectivity index (χ1) is 14.8. The number of fused-ring (bicyclic) bond motifs is 1. The minimum atomic E-state index is -0.539. The van der Waals surface area contributed by atoms with Gasteiger partial charge in [-0.15, -0.1) is 0 Å². The van der Waals surface area contributed by atoms with Crippen molar-refractivity contribution < 1.29 is 14.3 Å². The first-order valence-electron chi connectivity index (χ1n) is 10.4. The molecule has 1 fully saturated rings. The van der Waals surface area contributed by atoms with Gasteiger partial charge in [-0.3, -0.25) is 9.78 Å². The number of para-hydroxylation sites is 1. The molecule has 1 aromatic carbocycles. The van der Waals surface area contributed by atoms with E-state index in [2.05, 4.69) is 4.98 Å². The van der Waals surface area contributed by atoms with E-state index in [9.17, 15) is 9.59 Å². The van der Waals surface area contributed by atoms with Gasteiger partial charge in [-0.25, -0.2) is 9.78 Å². The topological polar surface area (TPSA) is 75.6 Å². The molecule has 3 aromatic rings. The molecule has 4 rings (SSSR count).